The molecule has 1 saturated heterocycles. The first-order valence-electron chi connectivity index (χ1n) is 2.98. The third-order valence-corrected chi connectivity index (χ3v) is 1.49. The van der Waals surface area contributed by atoms with E-state index in [0.29, 0.717) is 6.61 Å². The zero-order valence-electron chi connectivity index (χ0n) is 5.37. The summed E-state index contributed by atoms with van der Waals surface area (Å²) in [5.41, 5.74) is 0. The maximum absolute atomic E-state index is 10.2. The Bertz CT molecular complexity index is 102. The Morgan fingerprint density at radius 2 is 2.56 bits per heavy atom. The molecule has 2 atom stereocenters. The Kier molecular flexibility index (Phi) is 2.19. The van der Waals surface area contributed by atoms with Crippen LogP contribution in [0.1, 0.15) is 6.42 Å². The number of carbonyl (C=O) groups excluding carboxylic acids is 1. The van der Waals surface area contributed by atoms with Crippen molar-refractivity contribution >= 4 is 6.29 Å². The molecule has 0 aromatic rings. The highest BCUT2D eigenvalue weighted by atomic mass is 16.7. The van der Waals surface area contributed by atoms with Crippen LogP contribution in [0.3, 0.4) is 0 Å². The topological polar surface area (TPSA) is 35.5 Å². The molecule has 0 radical (unpaired) electrons. The van der Waals surface area contributed by atoms with Crippen LogP contribution in [0.5, 0.6) is 0 Å². The summed E-state index contributed by atoms with van der Waals surface area (Å²) in [6.07, 6.45) is 1.39. The van der Waals surface area contributed by atoms with Gasteiger partial charge >= 0.3 is 0 Å². The van der Waals surface area contributed by atoms with Gasteiger partial charge in [0.1, 0.15) is 6.29 Å². The predicted octanol–water partition coefficient (Wildman–Crippen LogP) is 0.194. The van der Waals surface area contributed by atoms with Crippen molar-refractivity contribution < 1.29 is 14.3 Å². The van der Waals surface area contributed by atoms with Gasteiger partial charge in [-0.15, -0.1) is 0 Å². The van der Waals surface area contributed by atoms with Gasteiger partial charge in [-0.2, -0.15) is 0 Å². The first-order chi connectivity index (χ1) is 4.38. The molecule has 0 aliphatic carbocycles. The minimum absolute atomic E-state index is 0.0463. The molecule has 0 aromatic carbocycles. The van der Waals surface area contributed by atoms with Gasteiger partial charge in [-0.25, -0.2) is 0 Å². The molecule has 1 heterocycles. The smallest absolute Gasteiger partial charge is 0.166 e. The van der Waals surface area contributed by atoms with Gasteiger partial charge in [-0.1, -0.05) is 0 Å². The summed E-state index contributed by atoms with van der Waals surface area (Å²) in [6, 6.07) is 0. The van der Waals surface area contributed by atoms with Crippen LogP contribution < -0.4 is 0 Å². The number of rotatable bonds is 2. The largest absolute Gasteiger partial charge is 0.355 e. The van der Waals surface area contributed by atoms with Crippen molar-refractivity contribution in [1.82, 2.24) is 0 Å². The van der Waals surface area contributed by atoms with Gasteiger partial charge in [0, 0.05) is 7.11 Å². The quantitative estimate of drug-likeness (QED) is 0.501. The van der Waals surface area contributed by atoms with Crippen LogP contribution in [-0.2, 0) is 14.3 Å². The highest BCUT2D eigenvalue weighted by Crippen LogP contribution is 2.18. The van der Waals surface area contributed by atoms with Crippen LogP contribution in [-0.4, -0.2) is 26.3 Å². The number of hydrogen-bond acceptors (Lipinski definition) is 3. The van der Waals surface area contributed by atoms with Gasteiger partial charge in [0.05, 0.1) is 12.5 Å². The Hall–Kier alpha value is -0.410. The zero-order chi connectivity index (χ0) is 6.69. The molecule has 3 nitrogen and oxygen atoms in total. The van der Waals surface area contributed by atoms with E-state index in [-0.39, 0.29) is 12.2 Å². The summed E-state index contributed by atoms with van der Waals surface area (Å²) in [7, 11) is 1.55. The molecule has 0 aromatic heterocycles. The zero-order valence-corrected chi connectivity index (χ0v) is 5.37. The van der Waals surface area contributed by atoms with Gasteiger partial charge in [-0.05, 0) is 6.42 Å². The normalized spacial score (nSPS) is 34.8. The van der Waals surface area contributed by atoms with Crippen LogP contribution in [0, 0.1) is 5.92 Å². The minimum Gasteiger partial charge on any atom is -0.355 e. The van der Waals surface area contributed by atoms with Crippen molar-refractivity contribution in [2.45, 2.75) is 12.7 Å². The van der Waals surface area contributed by atoms with E-state index in [2.05, 4.69) is 0 Å². The SMILES string of the molecule is CO[C@H]1OCC[C@H]1C=O. The lowest BCUT2D eigenvalue weighted by atomic mass is 10.1. The molecular formula is C6H10O3. The lowest BCUT2D eigenvalue weighted by Gasteiger charge is -2.09. The fourth-order valence-electron chi connectivity index (χ4n) is 0.955. The molecule has 3 heteroatoms. The maximum Gasteiger partial charge on any atom is 0.166 e. The van der Waals surface area contributed by atoms with Crippen molar-refractivity contribution in [2.24, 2.45) is 5.92 Å². The van der Waals surface area contributed by atoms with E-state index in [0.717, 1.165) is 12.7 Å². The summed E-state index contributed by atoms with van der Waals surface area (Å²) in [4.78, 5) is 10.2. The highest BCUT2D eigenvalue weighted by molar-refractivity contribution is 5.54. The average Bonchev–Trinajstić information content (AvgIpc) is 2.33. The molecule has 52 valence electrons. The Balaban J connectivity index is 2.41. The fraction of sp³-hybridized carbons (Fsp3) is 0.833. The molecular weight excluding hydrogens is 120 g/mol. The summed E-state index contributed by atoms with van der Waals surface area (Å²) in [5, 5.41) is 0. The third kappa shape index (κ3) is 1.28. The van der Waals surface area contributed by atoms with Crippen LogP contribution >= 0.6 is 0 Å². The molecule has 1 aliphatic heterocycles. The van der Waals surface area contributed by atoms with Gasteiger partial charge in [0.15, 0.2) is 6.29 Å². The number of aldehydes is 1. The van der Waals surface area contributed by atoms with E-state index < -0.39 is 0 Å². The molecule has 1 fully saturated rings. The number of ether oxygens (including phenoxy) is 2. The van der Waals surface area contributed by atoms with E-state index in [1.807, 2.05) is 0 Å². The first-order valence-corrected chi connectivity index (χ1v) is 2.98. The second kappa shape index (κ2) is 2.94. The monoisotopic (exact) mass is 130 g/mol. The Labute approximate surface area is 53.9 Å². The van der Waals surface area contributed by atoms with E-state index in [1.165, 1.54) is 0 Å². The average molecular weight is 130 g/mol. The Morgan fingerprint density at radius 3 is 3.00 bits per heavy atom. The Morgan fingerprint density at radius 1 is 1.78 bits per heavy atom. The van der Waals surface area contributed by atoms with Gasteiger partial charge in [-0.3, -0.25) is 0 Å². The predicted molar refractivity (Wildman–Crippen MR) is 30.9 cm³/mol. The van der Waals surface area contributed by atoms with E-state index in [4.69, 9.17) is 9.47 Å². The minimum atomic E-state index is -0.289. The summed E-state index contributed by atoms with van der Waals surface area (Å²) in [5.74, 6) is -0.0463. The molecule has 0 saturated carbocycles. The van der Waals surface area contributed by atoms with E-state index >= 15 is 0 Å². The van der Waals surface area contributed by atoms with Gasteiger partial charge in [0.25, 0.3) is 0 Å². The summed E-state index contributed by atoms with van der Waals surface area (Å²) >= 11 is 0. The lowest BCUT2D eigenvalue weighted by Crippen LogP contribution is -2.18. The fourth-order valence-corrected chi connectivity index (χ4v) is 0.955. The van der Waals surface area contributed by atoms with E-state index in [9.17, 15) is 4.79 Å². The number of methoxy groups -OCH3 is 1. The highest BCUT2D eigenvalue weighted by Gasteiger charge is 2.26. The van der Waals surface area contributed by atoms with Crippen molar-refractivity contribution in [3.63, 3.8) is 0 Å². The van der Waals surface area contributed by atoms with Crippen molar-refractivity contribution in [3.05, 3.63) is 0 Å². The first kappa shape index (κ1) is 6.71. The summed E-state index contributed by atoms with van der Waals surface area (Å²) in [6.45, 7) is 0.641. The molecule has 0 amide bonds. The molecule has 1 aliphatic rings. The van der Waals surface area contributed by atoms with Gasteiger partial charge in [0.2, 0.25) is 0 Å². The second-order valence-corrected chi connectivity index (χ2v) is 2.06. The van der Waals surface area contributed by atoms with Crippen molar-refractivity contribution in [2.75, 3.05) is 13.7 Å². The van der Waals surface area contributed by atoms with Crippen LogP contribution in [0.25, 0.3) is 0 Å². The lowest BCUT2D eigenvalue weighted by molar-refractivity contribution is -0.131. The standard InChI is InChI=1S/C6H10O3/c1-8-6-5(4-7)2-3-9-6/h4-6H,2-3H2,1H3/t5-,6-/m0/s1. The molecule has 9 heavy (non-hydrogen) atoms. The van der Waals surface area contributed by atoms with Crippen LogP contribution in [0.4, 0.5) is 0 Å². The van der Waals surface area contributed by atoms with Crippen LogP contribution in [0.15, 0.2) is 0 Å². The third-order valence-electron chi connectivity index (χ3n) is 1.49. The number of hydrogen-bond donors (Lipinski definition) is 0. The molecule has 0 bridgehead atoms. The van der Waals surface area contributed by atoms with Crippen LogP contribution in [0.2, 0.25) is 0 Å². The number of carbonyl (C=O) groups is 1. The summed E-state index contributed by atoms with van der Waals surface area (Å²) < 4.78 is 9.91. The molecule has 0 unspecified atom stereocenters. The van der Waals surface area contributed by atoms with E-state index in [1.54, 1.807) is 7.11 Å². The maximum atomic E-state index is 10.2. The molecule has 1 rings (SSSR count). The molecule has 0 N–H and O–H groups in total. The second-order valence-electron chi connectivity index (χ2n) is 2.06. The van der Waals surface area contributed by atoms with Crippen molar-refractivity contribution in [3.8, 4) is 0 Å². The van der Waals surface area contributed by atoms with Gasteiger partial charge < -0.3 is 14.3 Å². The van der Waals surface area contributed by atoms with Crippen molar-refractivity contribution in [1.29, 1.82) is 0 Å². The molecule has 0 spiro atoms.